The zero-order valence-corrected chi connectivity index (χ0v) is 19.5. The van der Waals surface area contributed by atoms with Crippen molar-refractivity contribution in [2.45, 2.75) is 32.7 Å². The molecule has 0 bridgehead atoms. The molecule has 5 rings (SSSR count). The van der Waals surface area contributed by atoms with Crippen LogP contribution in [0.1, 0.15) is 30.0 Å². The number of carbonyl (C=O) groups excluding carboxylic acids is 1. The highest BCUT2D eigenvalue weighted by Gasteiger charge is 2.26. The zero-order chi connectivity index (χ0) is 23.3. The minimum Gasteiger partial charge on any atom is -0.341 e. The number of hydrogen-bond donors (Lipinski definition) is 1. The highest BCUT2D eigenvalue weighted by Crippen LogP contribution is 2.31. The van der Waals surface area contributed by atoms with E-state index >= 15 is 0 Å². The van der Waals surface area contributed by atoms with Crippen molar-refractivity contribution in [2.75, 3.05) is 33.7 Å². The predicted molar refractivity (Wildman–Crippen MR) is 127 cm³/mol. The van der Waals surface area contributed by atoms with Gasteiger partial charge in [-0.2, -0.15) is 5.10 Å². The highest BCUT2D eigenvalue weighted by molar-refractivity contribution is 5.85. The number of hydrogen-bond acceptors (Lipinski definition) is 5. The Labute approximate surface area is 191 Å². The maximum atomic E-state index is 12.9. The topological polar surface area (TPSA) is 91.5 Å². The Morgan fingerprint density at radius 2 is 1.91 bits per heavy atom. The first-order valence-electron chi connectivity index (χ1n) is 11.3. The molecular formula is C24H29N7O2. The fourth-order valence-corrected chi connectivity index (χ4v) is 4.94. The standard InChI is InChI=1S/C24H29N7O2/c1-15-10-21-20(11-19(15)17-9-16(2)23-25-14-26-30(23)12-17)27-24(33)31(21)18-5-7-29(8-6-18)22(32)13-28(3)4/h9-12,14,18H,5-8,13H2,1-4H3,(H,27,33). The lowest BCUT2D eigenvalue weighted by molar-refractivity contribution is -0.133. The molecule has 1 amide bonds. The molecule has 1 saturated heterocycles. The fraction of sp³-hybridized carbons (Fsp3) is 0.417. The number of aryl methyl sites for hydroxylation is 2. The summed E-state index contributed by atoms with van der Waals surface area (Å²) in [6, 6.07) is 6.32. The Kier molecular flexibility index (Phi) is 5.28. The molecule has 4 heterocycles. The lowest BCUT2D eigenvalue weighted by Gasteiger charge is -2.33. The summed E-state index contributed by atoms with van der Waals surface area (Å²) < 4.78 is 3.67. The first kappa shape index (κ1) is 21.4. The van der Waals surface area contributed by atoms with Crippen LogP contribution in [0.5, 0.6) is 0 Å². The van der Waals surface area contributed by atoms with Gasteiger partial charge in [0.05, 0.1) is 17.6 Å². The van der Waals surface area contributed by atoms with Gasteiger partial charge in [-0.3, -0.25) is 9.36 Å². The van der Waals surface area contributed by atoms with E-state index < -0.39 is 0 Å². The number of aromatic amines is 1. The molecule has 3 aromatic heterocycles. The Balaban J connectivity index is 1.46. The van der Waals surface area contributed by atoms with Crippen molar-refractivity contribution in [3.63, 3.8) is 0 Å². The maximum Gasteiger partial charge on any atom is 0.326 e. The molecule has 4 aromatic rings. The molecule has 1 N–H and O–H groups in total. The van der Waals surface area contributed by atoms with Crippen molar-refractivity contribution in [1.29, 1.82) is 0 Å². The van der Waals surface area contributed by atoms with Crippen molar-refractivity contribution in [3.05, 3.63) is 52.3 Å². The van der Waals surface area contributed by atoms with Crippen LogP contribution in [-0.2, 0) is 4.79 Å². The third kappa shape index (κ3) is 3.82. The van der Waals surface area contributed by atoms with Crippen molar-refractivity contribution >= 4 is 22.6 Å². The molecule has 1 fully saturated rings. The lowest BCUT2D eigenvalue weighted by Crippen LogP contribution is -2.43. The number of H-pyrrole nitrogens is 1. The number of benzene rings is 1. The number of aromatic nitrogens is 5. The summed E-state index contributed by atoms with van der Waals surface area (Å²) in [6.07, 6.45) is 5.07. The van der Waals surface area contributed by atoms with Crippen LogP contribution in [0.2, 0.25) is 0 Å². The lowest BCUT2D eigenvalue weighted by atomic mass is 9.99. The Morgan fingerprint density at radius 1 is 1.15 bits per heavy atom. The van der Waals surface area contributed by atoms with Crippen LogP contribution in [0.15, 0.2) is 35.5 Å². The highest BCUT2D eigenvalue weighted by atomic mass is 16.2. The van der Waals surface area contributed by atoms with Gasteiger partial charge >= 0.3 is 5.69 Å². The van der Waals surface area contributed by atoms with Crippen molar-refractivity contribution in [3.8, 4) is 11.1 Å². The number of piperidine rings is 1. The summed E-state index contributed by atoms with van der Waals surface area (Å²) in [5, 5.41) is 4.28. The SMILES string of the molecule is Cc1cc2c(cc1-c1cc(C)c3ncnn3c1)[nH]c(=O)n2C1CCN(C(=O)CN(C)C)CC1. The van der Waals surface area contributed by atoms with E-state index in [-0.39, 0.29) is 17.6 Å². The first-order valence-corrected chi connectivity index (χ1v) is 11.3. The van der Waals surface area contributed by atoms with Gasteiger partial charge in [0.25, 0.3) is 0 Å². The molecule has 0 unspecified atom stereocenters. The monoisotopic (exact) mass is 447 g/mol. The van der Waals surface area contributed by atoms with Crippen LogP contribution >= 0.6 is 0 Å². The van der Waals surface area contributed by atoms with Crippen LogP contribution in [0.25, 0.3) is 27.8 Å². The number of carbonyl (C=O) groups is 1. The third-order valence-electron chi connectivity index (χ3n) is 6.57. The summed E-state index contributed by atoms with van der Waals surface area (Å²) >= 11 is 0. The molecule has 9 nitrogen and oxygen atoms in total. The molecule has 1 aromatic carbocycles. The largest absolute Gasteiger partial charge is 0.341 e. The van der Waals surface area contributed by atoms with E-state index in [1.807, 2.05) is 41.6 Å². The van der Waals surface area contributed by atoms with Gasteiger partial charge in [0, 0.05) is 30.9 Å². The number of pyridine rings is 1. The summed E-state index contributed by atoms with van der Waals surface area (Å²) in [4.78, 5) is 36.5. The van der Waals surface area contributed by atoms with Gasteiger partial charge in [0.2, 0.25) is 5.91 Å². The second kappa shape index (κ2) is 8.15. The van der Waals surface area contributed by atoms with Gasteiger partial charge in [0.15, 0.2) is 5.65 Å². The minimum atomic E-state index is -0.0949. The van der Waals surface area contributed by atoms with E-state index in [2.05, 4.69) is 40.2 Å². The van der Waals surface area contributed by atoms with Crippen molar-refractivity contribution < 1.29 is 4.79 Å². The van der Waals surface area contributed by atoms with Crippen LogP contribution in [0, 0.1) is 13.8 Å². The van der Waals surface area contributed by atoms with Gasteiger partial charge < -0.3 is 14.8 Å². The molecule has 1 aliphatic heterocycles. The van der Waals surface area contributed by atoms with Crippen LogP contribution < -0.4 is 5.69 Å². The van der Waals surface area contributed by atoms with Crippen LogP contribution in [0.4, 0.5) is 0 Å². The minimum absolute atomic E-state index is 0.0775. The van der Waals surface area contributed by atoms with Gasteiger partial charge in [0.1, 0.15) is 6.33 Å². The molecule has 33 heavy (non-hydrogen) atoms. The zero-order valence-electron chi connectivity index (χ0n) is 19.5. The number of amides is 1. The number of fused-ring (bicyclic) bond motifs is 2. The number of imidazole rings is 1. The van der Waals surface area contributed by atoms with Crippen LogP contribution in [-0.4, -0.2) is 73.6 Å². The van der Waals surface area contributed by atoms with Crippen molar-refractivity contribution in [2.24, 2.45) is 0 Å². The summed E-state index contributed by atoms with van der Waals surface area (Å²) in [7, 11) is 3.80. The number of nitrogens with one attached hydrogen (secondary N) is 1. The van der Waals surface area contributed by atoms with Crippen LogP contribution in [0.3, 0.4) is 0 Å². The third-order valence-corrected chi connectivity index (χ3v) is 6.57. The predicted octanol–water partition coefficient (Wildman–Crippen LogP) is 2.38. The summed E-state index contributed by atoms with van der Waals surface area (Å²) in [5.74, 6) is 0.143. The average Bonchev–Trinajstić information content (AvgIpc) is 3.36. The second-order valence-electron chi connectivity index (χ2n) is 9.27. The van der Waals surface area contributed by atoms with E-state index in [0.29, 0.717) is 19.6 Å². The normalized spacial score (nSPS) is 15.2. The van der Waals surface area contributed by atoms with E-state index in [1.165, 1.54) is 0 Å². The second-order valence-corrected chi connectivity index (χ2v) is 9.27. The van der Waals surface area contributed by atoms with E-state index in [1.54, 1.807) is 10.8 Å². The quantitative estimate of drug-likeness (QED) is 0.519. The number of nitrogens with zero attached hydrogens (tertiary/aromatic N) is 6. The number of rotatable bonds is 4. The summed E-state index contributed by atoms with van der Waals surface area (Å²) in [5.41, 5.74) is 6.71. The van der Waals surface area contributed by atoms with E-state index in [4.69, 9.17) is 0 Å². The molecule has 9 heteroatoms. The Bertz CT molecular complexity index is 1400. The molecule has 172 valence electrons. The van der Waals surface area contributed by atoms with E-state index in [9.17, 15) is 9.59 Å². The molecule has 0 atom stereocenters. The smallest absolute Gasteiger partial charge is 0.326 e. The number of likely N-dealkylation sites (N-methyl/N-ethyl adjacent to an activating group) is 1. The van der Waals surface area contributed by atoms with Gasteiger partial charge in [-0.25, -0.2) is 14.3 Å². The average molecular weight is 448 g/mol. The summed E-state index contributed by atoms with van der Waals surface area (Å²) in [6.45, 7) is 5.85. The Hall–Kier alpha value is -3.46. The van der Waals surface area contributed by atoms with E-state index in [0.717, 1.165) is 51.8 Å². The fourth-order valence-electron chi connectivity index (χ4n) is 4.94. The van der Waals surface area contributed by atoms with Gasteiger partial charge in [-0.15, -0.1) is 0 Å². The maximum absolute atomic E-state index is 12.9. The molecular weight excluding hydrogens is 418 g/mol. The molecule has 0 saturated carbocycles. The Morgan fingerprint density at radius 3 is 2.64 bits per heavy atom. The molecule has 0 aliphatic carbocycles. The number of likely N-dealkylation sites (tertiary alicyclic amines) is 1. The van der Waals surface area contributed by atoms with Gasteiger partial charge in [-0.05, 0) is 75.7 Å². The van der Waals surface area contributed by atoms with Crippen molar-refractivity contribution in [1.82, 2.24) is 33.9 Å². The first-order chi connectivity index (χ1) is 15.8. The molecule has 0 spiro atoms. The molecule has 1 aliphatic rings. The molecule has 0 radical (unpaired) electrons. The van der Waals surface area contributed by atoms with Gasteiger partial charge in [-0.1, -0.05) is 0 Å².